The third-order valence-corrected chi connectivity index (χ3v) is 4.39. The lowest BCUT2D eigenvalue weighted by Gasteiger charge is -2.13. The van der Waals surface area contributed by atoms with Crippen LogP contribution in [0.3, 0.4) is 0 Å². The third kappa shape index (κ3) is 3.57. The number of hydrogen-bond donors (Lipinski definition) is 1. The molecule has 0 atom stereocenters. The topological polar surface area (TPSA) is 82.4 Å². The van der Waals surface area contributed by atoms with Gasteiger partial charge in [-0.05, 0) is 51.8 Å². The number of para-hydroxylation sites is 1. The van der Waals surface area contributed by atoms with Crippen molar-refractivity contribution >= 4 is 51.1 Å². The Morgan fingerprint density at radius 3 is 2.65 bits per heavy atom. The Balaban J connectivity index is 1.92. The van der Waals surface area contributed by atoms with Gasteiger partial charge >= 0.3 is 0 Å². The Morgan fingerprint density at radius 1 is 1.27 bits per heavy atom. The Kier molecular flexibility index (Phi) is 5.26. The van der Waals surface area contributed by atoms with Crippen LogP contribution < -0.4 is 15.2 Å². The molecule has 1 aliphatic heterocycles. The Labute approximate surface area is 162 Å². The fourth-order valence-electron chi connectivity index (χ4n) is 2.39. The number of carbonyl (C=O) groups excluding carboxylic acids is 2. The summed E-state index contributed by atoms with van der Waals surface area (Å²) in [4.78, 5) is 24.8. The van der Waals surface area contributed by atoms with Gasteiger partial charge in [0.2, 0.25) is 0 Å². The highest BCUT2D eigenvalue weighted by Crippen LogP contribution is 2.35. The molecule has 1 aliphatic rings. The highest BCUT2D eigenvalue weighted by Gasteiger charge is 2.34. The van der Waals surface area contributed by atoms with E-state index in [1.807, 2.05) is 12.1 Å². The molecular formula is C18H11BrClN3O3. The molecule has 1 heterocycles. The number of hydrazine groups is 1. The summed E-state index contributed by atoms with van der Waals surface area (Å²) in [6, 6.07) is 13.9. The summed E-state index contributed by atoms with van der Waals surface area (Å²) in [6.07, 6.45) is 1.45. The highest BCUT2D eigenvalue weighted by atomic mass is 79.9. The quantitative estimate of drug-likeness (QED) is 0.592. The Bertz CT molecular complexity index is 931. The van der Waals surface area contributed by atoms with Crippen molar-refractivity contribution in [3.8, 4) is 11.8 Å². The van der Waals surface area contributed by atoms with E-state index in [0.29, 0.717) is 21.5 Å². The van der Waals surface area contributed by atoms with E-state index in [-0.39, 0.29) is 17.2 Å². The van der Waals surface area contributed by atoms with E-state index in [0.717, 1.165) is 0 Å². The maximum absolute atomic E-state index is 12.6. The standard InChI is InChI=1S/C18H11BrClN3O3/c19-14-9-11(10-15(20)16(14)26-7-6-21)8-13-17(24)22-23(18(13)25)12-4-2-1-3-5-12/h1-5,8-10H,7H2,(H,22,24). The smallest absolute Gasteiger partial charge is 0.282 e. The van der Waals surface area contributed by atoms with Crippen molar-refractivity contribution in [1.82, 2.24) is 5.43 Å². The molecule has 0 aromatic heterocycles. The second-order valence-electron chi connectivity index (χ2n) is 5.24. The molecule has 0 spiro atoms. The van der Waals surface area contributed by atoms with Crippen molar-refractivity contribution < 1.29 is 14.3 Å². The highest BCUT2D eigenvalue weighted by molar-refractivity contribution is 9.10. The predicted molar refractivity (Wildman–Crippen MR) is 100 cm³/mol. The molecule has 6 nitrogen and oxygen atoms in total. The summed E-state index contributed by atoms with van der Waals surface area (Å²) in [5.41, 5.74) is 3.62. The summed E-state index contributed by atoms with van der Waals surface area (Å²) >= 11 is 9.48. The number of anilines is 1. The Hall–Kier alpha value is -2.82. The molecule has 1 saturated heterocycles. The second-order valence-corrected chi connectivity index (χ2v) is 6.50. The van der Waals surface area contributed by atoms with Crippen LogP contribution in [0.15, 0.2) is 52.5 Å². The molecule has 0 bridgehead atoms. The van der Waals surface area contributed by atoms with Gasteiger partial charge in [0.05, 0.1) is 15.2 Å². The van der Waals surface area contributed by atoms with Crippen LogP contribution in [-0.2, 0) is 9.59 Å². The van der Waals surface area contributed by atoms with Crippen LogP contribution in [0.25, 0.3) is 6.08 Å². The minimum absolute atomic E-state index is 0.0116. The summed E-state index contributed by atoms with van der Waals surface area (Å²) in [6.45, 7) is -0.147. The van der Waals surface area contributed by atoms with E-state index in [2.05, 4.69) is 21.4 Å². The van der Waals surface area contributed by atoms with Gasteiger partial charge in [-0.3, -0.25) is 15.0 Å². The third-order valence-electron chi connectivity index (χ3n) is 3.52. The van der Waals surface area contributed by atoms with Gasteiger partial charge in [-0.25, -0.2) is 5.01 Å². The first-order valence-electron chi connectivity index (χ1n) is 7.42. The number of nitrogens with one attached hydrogen (secondary N) is 1. The maximum Gasteiger partial charge on any atom is 0.282 e. The average Bonchev–Trinajstić information content (AvgIpc) is 2.90. The van der Waals surface area contributed by atoms with Crippen molar-refractivity contribution in [1.29, 1.82) is 5.26 Å². The first-order valence-corrected chi connectivity index (χ1v) is 8.59. The fourth-order valence-corrected chi connectivity index (χ4v) is 3.38. The zero-order chi connectivity index (χ0) is 18.7. The minimum atomic E-state index is -0.504. The first-order chi connectivity index (χ1) is 12.5. The van der Waals surface area contributed by atoms with E-state index in [1.54, 1.807) is 36.4 Å². The molecule has 26 heavy (non-hydrogen) atoms. The number of benzene rings is 2. The van der Waals surface area contributed by atoms with Crippen LogP contribution in [0.5, 0.6) is 5.75 Å². The van der Waals surface area contributed by atoms with Crippen molar-refractivity contribution in [2.75, 3.05) is 11.6 Å². The predicted octanol–water partition coefficient (Wildman–Crippen LogP) is 3.47. The second kappa shape index (κ2) is 7.60. The zero-order valence-electron chi connectivity index (χ0n) is 13.2. The van der Waals surface area contributed by atoms with E-state index in [9.17, 15) is 9.59 Å². The molecule has 3 rings (SSSR count). The van der Waals surface area contributed by atoms with Crippen LogP contribution in [0.4, 0.5) is 5.69 Å². The molecule has 2 aromatic carbocycles. The van der Waals surface area contributed by atoms with E-state index in [4.69, 9.17) is 21.6 Å². The maximum atomic E-state index is 12.6. The number of hydrogen-bond acceptors (Lipinski definition) is 4. The van der Waals surface area contributed by atoms with E-state index < -0.39 is 11.8 Å². The van der Waals surface area contributed by atoms with Crippen molar-refractivity contribution in [2.45, 2.75) is 0 Å². The number of halogens is 2. The summed E-state index contributed by atoms with van der Waals surface area (Å²) in [5.74, 6) is -0.641. The van der Waals surface area contributed by atoms with Gasteiger partial charge in [-0.2, -0.15) is 5.26 Å². The largest absolute Gasteiger partial charge is 0.476 e. The lowest BCUT2D eigenvalue weighted by Crippen LogP contribution is -2.35. The summed E-state index contributed by atoms with van der Waals surface area (Å²) in [5, 5.41) is 10.0. The monoisotopic (exact) mass is 431 g/mol. The van der Waals surface area contributed by atoms with Crippen molar-refractivity contribution in [3.05, 3.63) is 63.1 Å². The Morgan fingerprint density at radius 2 is 2.00 bits per heavy atom. The van der Waals surface area contributed by atoms with Gasteiger partial charge in [0.25, 0.3) is 11.8 Å². The number of amides is 2. The molecular weight excluding hydrogens is 422 g/mol. The number of ether oxygens (including phenoxy) is 1. The van der Waals surface area contributed by atoms with Gasteiger partial charge < -0.3 is 4.74 Å². The van der Waals surface area contributed by atoms with Crippen LogP contribution >= 0.6 is 27.5 Å². The average molecular weight is 433 g/mol. The fraction of sp³-hybridized carbons (Fsp3) is 0.0556. The zero-order valence-corrected chi connectivity index (χ0v) is 15.5. The molecule has 8 heteroatoms. The van der Waals surface area contributed by atoms with Gasteiger partial charge in [0.1, 0.15) is 11.6 Å². The number of nitrogens with zero attached hydrogens (tertiary/aromatic N) is 2. The molecule has 1 N–H and O–H groups in total. The van der Waals surface area contributed by atoms with Gasteiger partial charge in [0, 0.05) is 0 Å². The molecule has 0 unspecified atom stereocenters. The van der Waals surface area contributed by atoms with E-state index in [1.165, 1.54) is 11.1 Å². The SMILES string of the molecule is N#CCOc1c(Cl)cc(C=C2C(=O)NN(c3ccccc3)C2=O)cc1Br. The summed E-state index contributed by atoms with van der Waals surface area (Å²) < 4.78 is 5.76. The van der Waals surface area contributed by atoms with E-state index >= 15 is 0 Å². The van der Waals surface area contributed by atoms with Gasteiger partial charge in [0.15, 0.2) is 12.4 Å². The molecule has 2 amide bonds. The normalized spacial score (nSPS) is 15.1. The first kappa shape index (κ1) is 18.0. The number of nitriles is 1. The van der Waals surface area contributed by atoms with Gasteiger partial charge in [-0.15, -0.1) is 0 Å². The minimum Gasteiger partial charge on any atom is -0.476 e. The molecule has 130 valence electrons. The molecule has 0 saturated carbocycles. The molecule has 2 aromatic rings. The number of carbonyl (C=O) groups is 2. The van der Waals surface area contributed by atoms with Crippen molar-refractivity contribution in [2.24, 2.45) is 0 Å². The van der Waals surface area contributed by atoms with Gasteiger partial charge in [-0.1, -0.05) is 29.8 Å². The van der Waals surface area contributed by atoms with Crippen LogP contribution in [0, 0.1) is 11.3 Å². The van der Waals surface area contributed by atoms with Crippen LogP contribution in [0.2, 0.25) is 5.02 Å². The number of rotatable bonds is 4. The van der Waals surface area contributed by atoms with Crippen LogP contribution in [0.1, 0.15) is 5.56 Å². The molecule has 1 fully saturated rings. The molecule has 0 radical (unpaired) electrons. The van der Waals surface area contributed by atoms with Crippen molar-refractivity contribution in [3.63, 3.8) is 0 Å². The summed E-state index contributed by atoms with van der Waals surface area (Å²) in [7, 11) is 0. The lowest BCUT2D eigenvalue weighted by atomic mass is 10.1. The van der Waals surface area contributed by atoms with Crippen LogP contribution in [-0.4, -0.2) is 18.4 Å². The lowest BCUT2D eigenvalue weighted by molar-refractivity contribution is -0.117. The molecule has 0 aliphatic carbocycles.